The highest BCUT2D eigenvalue weighted by atomic mass is 32.2. The molecule has 2 aromatic rings. The molecule has 1 aliphatic rings. The van der Waals surface area contributed by atoms with Gasteiger partial charge in [-0.3, -0.25) is 0 Å². The van der Waals surface area contributed by atoms with E-state index in [9.17, 15) is 21.9 Å². The largest absolute Gasteiger partial charge is 0.395 e. The Kier molecular flexibility index (Phi) is 4.65. The molecule has 0 spiro atoms. The predicted octanol–water partition coefficient (Wildman–Crippen LogP) is 1.01. The predicted molar refractivity (Wildman–Crippen MR) is 92.0 cm³/mol. The first-order valence-corrected chi connectivity index (χ1v) is 10.9. The van der Waals surface area contributed by atoms with E-state index < -0.39 is 25.9 Å². The summed E-state index contributed by atoms with van der Waals surface area (Å²) in [7, 11) is -7.10. The summed E-state index contributed by atoms with van der Waals surface area (Å²) in [5, 5.41) is 11.0. The van der Waals surface area contributed by atoms with E-state index in [2.05, 4.69) is 0 Å². The zero-order chi connectivity index (χ0) is 17.4. The Morgan fingerprint density at radius 2 is 1.83 bits per heavy atom. The van der Waals surface area contributed by atoms with Crippen LogP contribution in [0.3, 0.4) is 0 Å². The summed E-state index contributed by atoms with van der Waals surface area (Å²) >= 11 is 0. The van der Waals surface area contributed by atoms with E-state index in [1.807, 2.05) is 24.3 Å². The average molecular weight is 369 g/mol. The van der Waals surface area contributed by atoms with Gasteiger partial charge in [0.1, 0.15) is 0 Å². The van der Waals surface area contributed by atoms with Gasteiger partial charge in [0.25, 0.3) is 0 Å². The van der Waals surface area contributed by atoms with Crippen LogP contribution in [-0.4, -0.2) is 56.9 Å². The maximum Gasteiger partial charge on any atom is 0.243 e. The van der Waals surface area contributed by atoms with Gasteiger partial charge in [-0.2, -0.15) is 4.31 Å². The maximum absolute atomic E-state index is 13.0. The van der Waals surface area contributed by atoms with Crippen molar-refractivity contribution in [1.82, 2.24) is 4.31 Å². The van der Waals surface area contributed by atoms with Crippen LogP contribution in [0, 0.1) is 0 Å². The number of sulfonamides is 1. The third kappa shape index (κ3) is 3.32. The monoisotopic (exact) mass is 369 g/mol. The highest BCUT2D eigenvalue weighted by molar-refractivity contribution is 7.92. The van der Waals surface area contributed by atoms with Crippen molar-refractivity contribution in [2.45, 2.75) is 17.4 Å². The molecular formula is C16H19NO5S2. The number of rotatable bonds is 5. The number of benzene rings is 2. The molecule has 3 rings (SSSR count). The SMILES string of the molecule is O=S1(=O)CC[C@@H](N(CCO)S(=O)(=O)c2ccc3ccccc3c2)C1. The molecule has 8 heteroatoms. The Morgan fingerprint density at radius 1 is 1.12 bits per heavy atom. The molecule has 0 amide bonds. The third-order valence-corrected chi connectivity index (χ3v) is 7.96. The molecule has 0 aromatic heterocycles. The van der Waals surface area contributed by atoms with Gasteiger partial charge in [-0.25, -0.2) is 16.8 Å². The molecule has 1 aliphatic heterocycles. The second-order valence-electron chi connectivity index (χ2n) is 5.91. The molecule has 1 N–H and O–H groups in total. The fraction of sp³-hybridized carbons (Fsp3) is 0.375. The smallest absolute Gasteiger partial charge is 0.243 e. The van der Waals surface area contributed by atoms with Gasteiger partial charge in [0.05, 0.1) is 23.0 Å². The summed E-state index contributed by atoms with van der Waals surface area (Å²) in [4.78, 5) is 0.110. The lowest BCUT2D eigenvalue weighted by molar-refractivity contribution is 0.232. The molecule has 130 valence electrons. The van der Waals surface area contributed by atoms with Crippen molar-refractivity contribution in [3.8, 4) is 0 Å². The standard InChI is InChI=1S/C16H19NO5S2/c18-9-8-17(15-7-10-23(19,20)12-15)24(21,22)16-6-5-13-3-1-2-4-14(13)11-16/h1-6,11,15,18H,7-10,12H2/t15-/m1/s1. The number of nitrogens with zero attached hydrogens (tertiary/aromatic N) is 1. The molecule has 0 radical (unpaired) electrons. The van der Waals surface area contributed by atoms with Crippen molar-refractivity contribution >= 4 is 30.6 Å². The van der Waals surface area contributed by atoms with Crippen LogP contribution in [0.25, 0.3) is 10.8 Å². The first kappa shape index (κ1) is 17.3. The number of sulfone groups is 1. The van der Waals surface area contributed by atoms with E-state index in [1.165, 1.54) is 6.07 Å². The van der Waals surface area contributed by atoms with E-state index in [1.54, 1.807) is 12.1 Å². The fourth-order valence-corrected chi connectivity index (χ4v) is 6.57. The summed E-state index contributed by atoms with van der Waals surface area (Å²) in [6, 6.07) is 11.6. The van der Waals surface area contributed by atoms with Crippen LogP contribution < -0.4 is 0 Å². The van der Waals surface area contributed by atoms with Gasteiger partial charge in [0.15, 0.2) is 9.84 Å². The van der Waals surface area contributed by atoms with Crippen molar-refractivity contribution in [2.24, 2.45) is 0 Å². The van der Waals surface area contributed by atoms with E-state index >= 15 is 0 Å². The molecule has 1 saturated heterocycles. The molecule has 24 heavy (non-hydrogen) atoms. The number of aliphatic hydroxyl groups excluding tert-OH is 1. The van der Waals surface area contributed by atoms with Gasteiger partial charge in [0, 0.05) is 12.6 Å². The van der Waals surface area contributed by atoms with Crippen LogP contribution in [0.4, 0.5) is 0 Å². The second-order valence-corrected chi connectivity index (χ2v) is 10.0. The lowest BCUT2D eigenvalue weighted by Crippen LogP contribution is -2.42. The molecular weight excluding hydrogens is 350 g/mol. The number of hydrogen-bond acceptors (Lipinski definition) is 5. The topological polar surface area (TPSA) is 91.8 Å². The number of fused-ring (bicyclic) bond motifs is 1. The van der Waals surface area contributed by atoms with Crippen molar-refractivity contribution in [1.29, 1.82) is 0 Å². The van der Waals surface area contributed by atoms with Crippen molar-refractivity contribution in [2.75, 3.05) is 24.7 Å². The van der Waals surface area contributed by atoms with Crippen LogP contribution in [0.1, 0.15) is 6.42 Å². The summed E-state index contributed by atoms with van der Waals surface area (Å²) in [5.41, 5.74) is 0. The van der Waals surface area contributed by atoms with Crippen molar-refractivity contribution < 1.29 is 21.9 Å². The van der Waals surface area contributed by atoms with E-state index in [-0.39, 0.29) is 36.0 Å². The molecule has 2 aromatic carbocycles. The zero-order valence-electron chi connectivity index (χ0n) is 13.0. The molecule has 0 aliphatic carbocycles. The average Bonchev–Trinajstić information content (AvgIpc) is 2.91. The van der Waals surface area contributed by atoms with Gasteiger partial charge in [-0.1, -0.05) is 30.3 Å². The molecule has 1 fully saturated rings. The molecule has 0 bridgehead atoms. The quantitative estimate of drug-likeness (QED) is 0.849. The van der Waals surface area contributed by atoms with Gasteiger partial charge in [-0.05, 0) is 29.3 Å². The van der Waals surface area contributed by atoms with E-state index in [0.717, 1.165) is 15.1 Å². The van der Waals surface area contributed by atoms with Gasteiger partial charge in [-0.15, -0.1) is 0 Å². The highest BCUT2D eigenvalue weighted by Gasteiger charge is 2.38. The minimum atomic E-state index is -3.88. The highest BCUT2D eigenvalue weighted by Crippen LogP contribution is 2.27. The lowest BCUT2D eigenvalue weighted by atomic mass is 10.1. The van der Waals surface area contributed by atoms with Gasteiger partial charge >= 0.3 is 0 Å². The Bertz CT molecular complexity index is 953. The minimum Gasteiger partial charge on any atom is -0.395 e. The number of hydrogen-bond donors (Lipinski definition) is 1. The summed E-state index contributed by atoms with van der Waals surface area (Å²) in [5.74, 6) is -0.216. The van der Waals surface area contributed by atoms with Crippen LogP contribution in [0.2, 0.25) is 0 Å². The Morgan fingerprint density at radius 3 is 2.46 bits per heavy atom. The molecule has 0 saturated carbocycles. The minimum absolute atomic E-state index is 0.0210. The first-order valence-electron chi connectivity index (χ1n) is 7.65. The summed E-state index contributed by atoms with van der Waals surface area (Å²) < 4.78 is 50.5. The fourth-order valence-electron chi connectivity index (χ4n) is 3.06. The number of aliphatic hydroxyl groups is 1. The zero-order valence-corrected chi connectivity index (χ0v) is 14.6. The Hall–Kier alpha value is -1.48. The molecule has 1 atom stereocenters. The van der Waals surface area contributed by atoms with Crippen LogP contribution in [-0.2, 0) is 19.9 Å². The Balaban J connectivity index is 2.01. The first-order chi connectivity index (χ1) is 11.3. The molecule has 6 nitrogen and oxygen atoms in total. The Labute approximate surface area is 141 Å². The van der Waals surface area contributed by atoms with Gasteiger partial charge < -0.3 is 5.11 Å². The van der Waals surface area contributed by atoms with Crippen LogP contribution in [0.5, 0.6) is 0 Å². The van der Waals surface area contributed by atoms with Crippen molar-refractivity contribution in [3.05, 3.63) is 42.5 Å². The lowest BCUT2D eigenvalue weighted by Gasteiger charge is -2.26. The summed E-state index contributed by atoms with van der Waals surface area (Å²) in [6.07, 6.45) is 0.259. The maximum atomic E-state index is 13.0. The van der Waals surface area contributed by atoms with E-state index in [4.69, 9.17) is 0 Å². The summed E-state index contributed by atoms with van der Waals surface area (Å²) in [6.45, 7) is -0.474. The second kappa shape index (κ2) is 6.44. The molecule has 1 heterocycles. The van der Waals surface area contributed by atoms with Crippen LogP contribution in [0.15, 0.2) is 47.4 Å². The normalized spacial score (nSPS) is 20.7. The van der Waals surface area contributed by atoms with E-state index in [0.29, 0.717) is 0 Å². The molecule has 0 unspecified atom stereocenters. The third-order valence-electron chi connectivity index (χ3n) is 4.26. The van der Waals surface area contributed by atoms with Crippen LogP contribution >= 0.6 is 0 Å². The van der Waals surface area contributed by atoms with Gasteiger partial charge in [0.2, 0.25) is 10.0 Å². The van der Waals surface area contributed by atoms with Crippen molar-refractivity contribution in [3.63, 3.8) is 0 Å².